The first-order valence-electron chi connectivity index (χ1n) is 5.67. The molecule has 1 aliphatic rings. The molecule has 2 heterocycles. The van der Waals surface area contributed by atoms with E-state index in [0.717, 1.165) is 5.92 Å². The topological polar surface area (TPSA) is 25.2 Å². The van der Waals surface area contributed by atoms with Crippen molar-refractivity contribution in [2.75, 3.05) is 18.6 Å². The summed E-state index contributed by atoms with van der Waals surface area (Å²) in [6.07, 6.45) is 7.62. The summed E-state index contributed by atoms with van der Waals surface area (Å²) in [4.78, 5) is 0. The fourth-order valence-corrected chi connectivity index (χ4v) is 3.41. The van der Waals surface area contributed by atoms with Crippen LogP contribution in [-0.2, 0) is 0 Å². The summed E-state index contributed by atoms with van der Waals surface area (Å²) in [7, 11) is 2.04. The Kier molecular flexibility index (Phi) is 4.15. The van der Waals surface area contributed by atoms with Gasteiger partial charge in [-0.3, -0.25) is 0 Å². The highest BCUT2D eigenvalue weighted by Crippen LogP contribution is 2.30. The second-order valence-corrected chi connectivity index (χ2v) is 5.41. The second-order valence-electron chi connectivity index (χ2n) is 4.19. The average Bonchev–Trinajstić information content (AvgIpc) is 2.81. The molecule has 1 saturated heterocycles. The Morgan fingerprint density at radius 3 is 2.93 bits per heavy atom. The van der Waals surface area contributed by atoms with Crippen molar-refractivity contribution in [1.29, 1.82) is 0 Å². The molecule has 2 rings (SSSR count). The molecule has 15 heavy (non-hydrogen) atoms. The minimum Gasteiger partial charge on any atom is -0.472 e. The summed E-state index contributed by atoms with van der Waals surface area (Å²) in [5.41, 5.74) is 1.29. The van der Waals surface area contributed by atoms with Gasteiger partial charge in [-0.1, -0.05) is 0 Å². The molecule has 1 aromatic rings. The maximum absolute atomic E-state index is 5.14. The number of rotatable bonds is 4. The van der Waals surface area contributed by atoms with Gasteiger partial charge in [0, 0.05) is 11.6 Å². The SMILES string of the molecule is CNC(CC1CCSCC1)c1ccoc1. The lowest BCUT2D eigenvalue weighted by atomic mass is 9.92. The van der Waals surface area contributed by atoms with Gasteiger partial charge in [0.1, 0.15) is 0 Å². The molecular formula is C12H19NOS. The Bertz CT molecular complexity index is 267. The fraction of sp³-hybridized carbons (Fsp3) is 0.667. The average molecular weight is 225 g/mol. The van der Waals surface area contributed by atoms with Crippen LogP contribution in [0.25, 0.3) is 0 Å². The van der Waals surface area contributed by atoms with Gasteiger partial charge in [0.15, 0.2) is 0 Å². The minimum absolute atomic E-state index is 0.469. The summed E-state index contributed by atoms with van der Waals surface area (Å²) < 4.78 is 5.14. The Labute approximate surface area is 95.8 Å². The van der Waals surface area contributed by atoms with E-state index in [-0.39, 0.29) is 0 Å². The van der Waals surface area contributed by atoms with Gasteiger partial charge in [0.25, 0.3) is 0 Å². The van der Waals surface area contributed by atoms with E-state index in [4.69, 9.17) is 4.42 Å². The van der Waals surface area contributed by atoms with Crippen LogP contribution in [0.4, 0.5) is 0 Å². The predicted octanol–water partition coefficient (Wildman–Crippen LogP) is 3.07. The Hall–Kier alpha value is -0.410. The van der Waals surface area contributed by atoms with E-state index in [2.05, 4.69) is 23.1 Å². The fourth-order valence-electron chi connectivity index (χ4n) is 2.21. The quantitative estimate of drug-likeness (QED) is 0.852. The molecule has 1 aromatic heterocycles. The van der Waals surface area contributed by atoms with E-state index in [1.165, 1.54) is 36.3 Å². The van der Waals surface area contributed by atoms with E-state index in [1.807, 2.05) is 13.3 Å². The first kappa shape index (κ1) is 11.1. The molecule has 1 aliphatic heterocycles. The summed E-state index contributed by atoms with van der Waals surface area (Å²) in [5.74, 6) is 3.57. The molecule has 0 amide bonds. The molecule has 1 atom stereocenters. The normalized spacial score (nSPS) is 20.3. The summed E-state index contributed by atoms with van der Waals surface area (Å²) in [5, 5.41) is 3.38. The largest absolute Gasteiger partial charge is 0.472 e. The third-order valence-corrected chi connectivity index (χ3v) is 4.25. The van der Waals surface area contributed by atoms with Crippen molar-refractivity contribution < 1.29 is 4.42 Å². The van der Waals surface area contributed by atoms with Crippen molar-refractivity contribution in [1.82, 2.24) is 5.32 Å². The van der Waals surface area contributed by atoms with Crippen LogP contribution in [0.15, 0.2) is 23.0 Å². The van der Waals surface area contributed by atoms with E-state index in [1.54, 1.807) is 6.26 Å². The van der Waals surface area contributed by atoms with Gasteiger partial charge in [-0.2, -0.15) is 11.8 Å². The van der Waals surface area contributed by atoms with Crippen molar-refractivity contribution >= 4 is 11.8 Å². The highest BCUT2D eigenvalue weighted by Gasteiger charge is 2.19. The zero-order chi connectivity index (χ0) is 10.5. The van der Waals surface area contributed by atoms with Crippen LogP contribution in [0.3, 0.4) is 0 Å². The molecule has 0 bridgehead atoms. The van der Waals surface area contributed by atoms with Gasteiger partial charge >= 0.3 is 0 Å². The van der Waals surface area contributed by atoms with Crippen LogP contribution >= 0.6 is 11.8 Å². The number of furan rings is 1. The first-order valence-corrected chi connectivity index (χ1v) is 6.82. The first-order chi connectivity index (χ1) is 7.40. The molecule has 1 fully saturated rings. The lowest BCUT2D eigenvalue weighted by Gasteiger charge is -2.25. The van der Waals surface area contributed by atoms with Crippen LogP contribution in [0, 0.1) is 5.92 Å². The van der Waals surface area contributed by atoms with Crippen LogP contribution in [0.1, 0.15) is 30.9 Å². The number of hydrogen-bond acceptors (Lipinski definition) is 3. The maximum atomic E-state index is 5.14. The van der Waals surface area contributed by atoms with Crippen LogP contribution in [0.5, 0.6) is 0 Å². The van der Waals surface area contributed by atoms with Crippen LogP contribution in [-0.4, -0.2) is 18.6 Å². The van der Waals surface area contributed by atoms with Gasteiger partial charge in [-0.15, -0.1) is 0 Å². The molecule has 1 unspecified atom stereocenters. The van der Waals surface area contributed by atoms with Crippen molar-refractivity contribution in [3.8, 4) is 0 Å². The zero-order valence-corrected chi connectivity index (χ0v) is 10.1. The van der Waals surface area contributed by atoms with Crippen molar-refractivity contribution in [3.63, 3.8) is 0 Å². The molecule has 0 aromatic carbocycles. The van der Waals surface area contributed by atoms with Gasteiger partial charge in [-0.25, -0.2) is 0 Å². The molecule has 0 spiro atoms. The molecular weight excluding hydrogens is 206 g/mol. The third-order valence-electron chi connectivity index (χ3n) is 3.20. The molecule has 84 valence electrons. The third kappa shape index (κ3) is 3.02. The summed E-state index contributed by atoms with van der Waals surface area (Å²) in [6.45, 7) is 0. The molecule has 3 heteroatoms. The van der Waals surface area contributed by atoms with E-state index in [9.17, 15) is 0 Å². The lowest BCUT2D eigenvalue weighted by molar-refractivity contribution is 0.382. The van der Waals surface area contributed by atoms with E-state index >= 15 is 0 Å². The standard InChI is InChI=1S/C12H19NOS/c1-13-12(11-2-5-14-9-11)8-10-3-6-15-7-4-10/h2,5,9-10,12-13H,3-4,6-8H2,1H3. The van der Waals surface area contributed by atoms with E-state index < -0.39 is 0 Å². The lowest BCUT2D eigenvalue weighted by Crippen LogP contribution is -2.21. The molecule has 1 N–H and O–H groups in total. The highest BCUT2D eigenvalue weighted by molar-refractivity contribution is 7.99. The van der Waals surface area contributed by atoms with Crippen LogP contribution < -0.4 is 5.32 Å². The van der Waals surface area contributed by atoms with E-state index in [0.29, 0.717) is 6.04 Å². The number of nitrogens with one attached hydrogen (secondary N) is 1. The van der Waals surface area contributed by atoms with Crippen LogP contribution in [0.2, 0.25) is 0 Å². The minimum atomic E-state index is 0.469. The molecule has 0 radical (unpaired) electrons. The van der Waals surface area contributed by atoms with Crippen molar-refractivity contribution in [2.45, 2.75) is 25.3 Å². The summed E-state index contributed by atoms with van der Waals surface area (Å²) >= 11 is 2.09. The Balaban J connectivity index is 1.90. The predicted molar refractivity (Wildman–Crippen MR) is 65.2 cm³/mol. The molecule has 0 saturated carbocycles. The Morgan fingerprint density at radius 1 is 1.53 bits per heavy atom. The maximum Gasteiger partial charge on any atom is 0.0950 e. The number of thioether (sulfide) groups is 1. The number of hydrogen-bond donors (Lipinski definition) is 1. The van der Waals surface area contributed by atoms with Gasteiger partial charge < -0.3 is 9.73 Å². The van der Waals surface area contributed by atoms with Crippen molar-refractivity contribution in [2.24, 2.45) is 5.92 Å². The molecule has 0 aliphatic carbocycles. The second kappa shape index (κ2) is 5.61. The van der Waals surface area contributed by atoms with Gasteiger partial charge in [0.05, 0.1) is 12.5 Å². The summed E-state index contributed by atoms with van der Waals surface area (Å²) in [6, 6.07) is 2.54. The van der Waals surface area contributed by atoms with Gasteiger partial charge in [0.2, 0.25) is 0 Å². The zero-order valence-electron chi connectivity index (χ0n) is 9.24. The van der Waals surface area contributed by atoms with Gasteiger partial charge in [-0.05, 0) is 49.8 Å². The monoisotopic (exact) mass is 225 g/mol. The highest BCUT2D eigenvalue weighted by atomic mass is 32.2. The Morgan fingerprint density at radius 2 is 2.33 bits per heavy atom. The smallest absolute Gasteiger partial charge is 0.0950 e. The van der Waals surface area contributed by atoms with Crippen molar-refractivity contribution in [3.05, 3.63) is 24.2 Å². The molecule has 2 nitrogen and oxygen atoms in total.